The largest absolute Gasteiger partial charge is 0.396 e. The predicted molar refractivity (Wildman–Crippen MR) is 63.3 cm³/mol. The molecule has 18 heavy (non-hydrogen) atoms. The lowest BCUT2D eigenvalue weighted by molar-refractivity contribution is -0.130. The molecule has 0 heterocycles. The summed E-state index contributed by atoms with van der Waals surface area (Å²) in [7, 11) is 0. The van der Waals surface area contributed by atoms with Gasteiger partial charge in [-0.05, 0) is 25.7 Å². The van der Waals surface area contributed by atoms with Gasteiger partial charge in [-0.1, -0.05) is 6.42 Å². The van der Waals surface area contributed by atoms with Crippen LogP contribution in [0.3, 0.4) is 0 Å². The van der Waals surface area contributed by atoms with Crippen LogP contribution in [0, 0.1) is 11.8 Å². The van der Waals surface area contributed by atoms with Gasteiger partial charge in [0, 0.05) is 37.3 Å². The molecule has 0 saturated heterocycles. The molecule has 2 fully saturated rings. The van der Waals surface area contributed by atoms with Crippen LogP contribution >= 0.6 is 0 Å². The average Bonchev–Trinajstić information content (AvgIpc) is 2.76. The van der Waals surface area contributed by atoms with E-state index in [0.29, 0.717) is 0 Å². The molecular weight excluding hydrogens is 240 g/mol. The van der Waals surface area contributed by atoms with Crippen molar-refractivity contribution in [2.24, 2.45) is 11.8 Å². The van der Waals surface area contributed by atoms with Gasteiger partial charge in [-0.2, -0.15) is 0 Å². The smallest absolute Gasteiger partial charge is 0.248 e. The molecule has 0 aromatic carbocycles. The van der Waals surface area contributed by atoms with E-state index < -0.39 is 5.92 Å². The first-order valence-corrected chi connectivity index (χ1v) is 6.81. The molecule has 104 valence electrons. The first-order chi connectivity index (χ1) is 8.52. The van der Waals surface area contributed by atoms with Gasteiger partial charge < -0.3 is 10.4 Å². The van der Waals surface area contributed by atoms with Crippen molar-refractivity contribution in [3.05, 3.63) is 0 Å². The lowest BCUT2D eigenvalue weighted by Gasteiger charge is -2.29. The number of alkyl halides is 2. The molecule has 0 radical (unpaired) electrons. The van der Waals surface area contributed by atoms with Gasteiger partial charge in [0.1, 0.15) is 0 Å². The van der Waals surface area contributed by atoms with E-state index in [1.165, 1.54) is 0 Å². The molecule has 0 spiro atoms. The summed E-state index contributed by atoms with van der Waals surface area (Å²) in [5, 5.41) is 12.1. The molecule has 2 rings (SSSR count). The molecule has 0 aliphatic heterocycles. The average molecular weight is 261 g/mol. The van der Waals surface area contributed by atoms with E-state index in [1.54, 1.807) is 0 Å². The second-order valence-electron chi connectivity index (χ2n) is 5.62. The minimum absolute atomic E-state index is 0.0323. The van der Waals surface area contributed by atoms with Crippen LogP contribution < -0.4 is 5.32 Å². The number of halogens is 2. The van der Waals surface area contributed by atoms with Crippen molar-refractivity contribution in [1.29, 1.82) is 0 Å². The summed E-state index contributed by atoms with van der Waals surface area (Å²) >= 11 is 0. The summed E-state index contributed by atoms with van der Waals surface area (Å²) in [6.07, 6.45) is 3.02. The molecule has 5 heteroatoms. The van der Waals surface area contributed by atoms with Crippen molar-refractivity contribution < 1.29 is 18.7 Å². The van der Waals surface area contributed by atoms with Crippen LogP contribution in [0.2, 0.25) is 0 Å². The molecule has 1 amide bonds. The second-order valence-corrected chi connectivity index (χ2v) is 5.62. The van der Waals surface area contributed by atoms with Gasteiger partial charge in [0.15, 0.2) is 0 Å². The summed E-state index contributed by atoms with van der Waals surface area (Å²) in [5.74, 6) is -2.82. The van der Waals surface area contributed by atoms with Crippen LogP contribution in [0.15, 0.2) is 0 Å². The molecule has 0 bridgehead atoms. The minimum atomic E-state index is -2.59. The summed E-state index contributed by atoms with van der Waals surface area (Å²) in [5.41, 5.74) is 0. The third-order valence-corrected chi connectivity index (χ3v) is 4.31. The molecule has 2 saturated carbocycles. The van der Waals surface area contributed by atoms with Crippen LogP contribution in [0.25, 0.3) is 0 Å². The summed E-state index contributed by atoms with van der Waals surface area (Å²) in [6, 6.07) is 0.0323. The fourth-order valence-electron chi connectivity index (χ4n) is 3.05. The first-order valence-electron chi connectivity index (χ1n) is 6.81. The highest BCUT2D eigenvalue weighted by Gasteiger charge is 2.38. The molecule has 2 unspecified atom stereocenters. The zero-order valence-electron chi connectivity index (χ0n) is 10.5. The van der Waals surface area contributed by atoms with Crippen LogP contribution in [0.4, 0.5) is 8.78 Å². The Kier molecular flexibility index (Phi) is 4.20. The van der Waals surface area contributed by atoms with Crippen molar-refractivity contribution in [3.8, 4) is 0 Å². The number of carbonyl (C=O) groups excluding carboxylic acids is 1. The van der Waals surface area contributed by atoms with Crippen molar-refractivity contribution in [1.82, 2.24) is 5.32 Å². The number of hydrogen-bond donors (Lipinski definition) is 2. The molecule has 3 nitrogen and oxygen atoms in total. The summed E-state index contributed by atoms with van der Waals surface area (Å²) in [6.45, 7) is 0.0910. The number of carbonyl (C=O) groups is 1. The number of aliphatic hydroxyl groups is 1. The van der Waals surface area contributed by atoms with Crippen molar-refractivity contribution in [3.63, 3.8) is 0 Å². The minimum Gasteiger partial charge on any atom is -0.396 e. The monoisotopic (exact) mass is 261 g/mol. The fourth-order valence-corrected chi connectivity index (χ4v) is 3.05. The molecule has 0 aromatic rings. The Bertz CT molecular complexity index is 299. The van der Waals surface area contributed by atoms with Gasteiger partial charge in [-0.25, -0.2) is 8.78 Å². The van der Waals surface area contributed by atoms with Gasteiger partial charge in [-0.15, -0.1) is 0 Å². The van der Waals surface area contributed by atoms with E-state index in [4.69, 9.17) is 0 Å². The maximum absolute atomic E-state index is 13.0. The van der Waals surface area contributed by atoms with Crippen LogP contribution in [-0.4, -0.2) is 29.6 Å². The Balaban J connectivity index is 1.82. The highest BCUT2D eigenvalue weighted by atomic mass is 19.3. The number of aliphatic hydroxyl groups excluding tert-OH is 1. The van der Waals surface area contributed by atoms with Gasteiger partial charge in [0.25, 0.3) is 0 Å². The Hall–Kier alpha value is -0.710. The highest BCUT2D eigenvalue weighted by Crippen LogP contribution is 2.36. The zero-order chi connectivity index (χ0) is 13.2. The lowest BCUT2D eigenvalue weighted by atomic mass is 9.86. The summed E-state index contributed by atoms with van der Waals surface area (Å²) < 4.78 is 26.0. The molecule has 2 N–H and O–H groups in total. The maximum Gasteiger partial charge on any atom is 0.248 e. The van der Waals surface area contributed by atoms with E-state index in [0.717, 1.165) is 19.3 Å². The third-order valence-electron chi connectivity index (χ3n) is 4.31. The van der Waals surface area contributed by atoms with Gasteiger partial charge >= 0.3 is 0 Å². The summed E-state index contributed by atoms with van der Waals surface area (Å²) in [4.78, 5) is 12.0. The fraction of sp³-hybridized carbons (Fsp3) is 0.923. The number of nitrogens with one attached hydrogen (secondary N) is 1. The maximum atomic E-state index is 13.0. The van der Waals surface area contributed by atoms with Gasteiger partial charge in [0.2, 0.25) is 11.8 Å². The van der Waals surface area contributed by atoms with E-state index >= 15 is 0 Å². The predicted octanol–water partition coefficient (Wildman–Crippen LogP) is 2.09. The van der Waals surface area contributed by atoms with Crippen LogP contribution in [0.5, 0.6) is 0 Å². The Labute approximate surface area is 106 Å². The Morgan fingerprint density at radius 2 is 1.89 bits per heavy atom. The quantitative estimate of drug-likeness (QED) is 0.817. The molecular formula is C13H21F2NO2. The Morgan fingerprint density at radius 1 is 1.22 bits per heavy atom. The standard InChI is InChI=1S/C13H21F2NO2/c14-13(15)6-4-9(5-7-13)12(18)16-11-3-1-2-10(11)8-17/h9-11,17H,1-8H2,(H,16,18). The van der Waals surface area contributed by atoms with Gasteiger partial charge in [-0.3, -0.25) is 4.79 Å². The van der Waals surface area contributed by atoms with E-state index in [9.17, 15) is 18.7 Å². The van der Waals surface area contributed by atoms with E-state index in [-0.39, 0.29) is 56.1 Å². The second kappa shape index (κ2) is 5.51. The first kappa shape index (κ1) is 13.7. The van der Waals surface area contributed by atoms with E-state index in [2.05, 4.69) is 5.32 Å². The number of amides is 1. The Morgan fingerprint density at radius 3 is 2.50 bits per heavy atom. The topological polar surface area (TPSA) is 49.3 Å². The molecule has 2 aliphatic carbocycles. The van der Waals surface area contributed by atoms with Crippen molar-refractivity contribution in [2.75, 3.05) is 6.61 Å². The molecule has 2 atom stereocenters. The lowest BCUT2D eigenvalue weighted by Crippen LogP contribution is -2.43. The zero-order valence-corrected chi connectivity index (χ0v) is 10.5. The van der Waals surface area contributed by atoms with Crippen LogP contribution in [-0.2, 0) is 4.79 Å². The van der Waals surface area contributed by atoms with E-state index in [1.807, 2.05) is 0 Å². The number of rotatable bonds is 3. The van der Waals surface area contributed by atoms with Gasteiger partial charge in [0.05, 0.1) is 0 Å². The van der Waals surface area contributed by atoms with Crippen molar-refractivity contribution >= 4 is 5.91 Å². The highest BCUT2D eigenvalue weighted by molar-refractivity contribution is 5.79. The number of hydrogen-bond acceptors (Lipinski definition) is 2. The van der Waals surface area contributed by atoms with Crippen molar-refractivity contribution in [2.45, 2.75) is 56.9 Å². The SMILES string of the molecule is O=C(NC1CCCC1CO)C1CCC(F)(F)CC1. The molecule has 0 aromatic heterocycles. The normalized spacial score (nSPS) is 32.4. The van der Waals surface area contributed by atoms with Crippen LogP contribution in [0.1, 0.15) is 44.9 Å². The molecule has 2 aliphatic rings. The third kappa shape index (κ3) is 3.19.